The van der Waals surface area contributed by atoms with E-state index in [1.807, 2.05) is 0 Å². The number of nitrogens with zero attached hydrogens (tertiary/aromatic N) is 1. The number of hydrogen-bond donors (Lipinski definition) is 1. The molecule has 0 aromatic heterocycles. The van der Waals surface area contributed by atoms with E-state index in [1.165, 1.54) is 25.3 Å². The number of ether oxygens (including phenoxy) is 1. The third-order valence-electron chi connectivity index (χ3n) is 4.00. The van der Waals surface area contributed by atoms with Crippen LogP contribution in [0.4, 0.5) is 5.69 Å². The van der Waals surface area contributed by atoms with Gasteiger partial charge in [0.05, 0.1) is 12.0 Å². The molecule has 1 saturated carbocycles. The molecule has 0 heterocycles. The van der Waals surface area contributed by atoms with Gasteiger partial charge < -0.3 is 10.1 Å². The quantitative estimate of drug-likeness (QED) is 0.683. The second-order valence-electron chi connectivity index (χ2n) is 5.57. The van der Waals surface area contributed by atoms with E-state index < -0.39 is 10.8 Å². The number of benzene rings is 1. The SMILES string of the molecule is COc1ccc([N+](=O)[O-])c(C(=O)NC2CCC(C)CC2)c1. The third kappa shape index (κ3) is 3.71. The van der Waals surface area contributed by atoms with Crippen LogP contribution in [0.15, 0.2) is 18.2 Å². The summed E-state index contributed by atoms with van der Waals surface area (Å²) in [5.74, 6) is 0.715. The van der Waals surface area contributed by atoms with Gasteiger partial charge in [0.15, 0.2) is 0 Å². The van der Waals surface area contributed by atoms with Gasteiger partial charge in [0, 0.05) is 12.1 Å². The fourth-order valence-corrected chi connectivity index (χ4v) is 2.65. The Hall–Kier alpha value is -2.11. The van der Waals surface area contributed by atoms with Gasteiger partial charge in [-0.1, -0.05) is 6.92 Å². The smallest absolute Gasteiger partial charge is 0.282 e. The average molecular weight is 292 g/mol. The van der Waals surface area contributed by atoms with Crippen LogP contribution in [0.25, 0.3) is 0 Å². The summed E-state index contributed by atoms with van der Waals surface area (Å²) in [6.07, 6.45) is 3.99. The van der Waals surface area contributed by atoms with Crippen LogP contribution in [0, 0.1) is 16.0 Å². The highest BCUT2D eigenvalue weighted by Crippen LogP contribution is 2.26. The zero-order valence-electron chi connectivity index (χ0n) is 12.3. The molecule has 6 heteroatoms. The van der Waals surface area contributed by atoms with Gasteiger partial charge in [-0.05, 0) is 43.7 Å². The van der Waals surface area contributed by atoms with E-state index in [2.05, 4.69) is 12.2 Å². The van der Waals surface area contributed by atoms with E-state index >= 15 is 0 Å². The Morgan fingerprint density at radius 1 is 1.33 bits per heavy atom. The maximum Gasteiger partial charge on any atom is 0.282 e. The Bertz CT molecular complexity index is 536. The first-order valence-electron chi connectivity index (χ1n) is 7.14. The van der Waals surface area contributed by atoms with Crippen LogP contribution in [-0.4, -0.2) is 24.0 Å². The van der Waals surface area contributed by atoms with E-state index in [0.717, 1.165) is 25.7 Å². The first kappa shape index (κ1) is 15.3. The molecule has 1 aromatic rings. The van der Waals surface area contributed by atoms with Crippen molar-refractivity contribution in [1.29, 1.82) is 0 Å². The molecule has 1 N–H and O–H groups in total. The molecule has 0 bridgehead atoms. The lowest BCUT2D eigenvalue weighted by Crippen LogP contribution is -2.37. The summed E-state index contributed by atoms with van der Waals surface area (Å²) < 4.78 is 5.04. The standard InChI is InChI=1S/C15H20N2O4/c1-10-3-5-11(6-4-10)16-15(18)13-9-12(21-2)7-8-14(13)17(19)20/h7-11H,3-6H2,1-2H3,(H,16,18). The predicted molar refractivity (Wildman–Crippen MR) is 78.5 cm³/mol. The molecule has 0 saturated heterocycles. The summed E-state index contributed by atoms with van der Waals surface area (Å²) >= 11 is 0. The average Bonchev–Trinajstić information content (AvgIpc) is 2.48. The molecule has 0 spiro atoms. The molecular formula is C15H20N2O4. The van der Waals surface area contributed by atoms with Crippen LogP contribution in [0.5, 0.6) is 5.75 Å². The molecule has 1 aliphatic carbocycles. The number of carbonyl (C=O) groups excluding carboxylic acids is 1. The molecule has 1 amide bonds. The topological polar surface area (TPSA) is 81.5 Å². The Morgan fingerprint density at radius 3 is 2.57 bits per heavy atom. The highest BCUT2D eigenvalue weighted by atomic mass is 16.6. The lowest BCUT2D eigenvalue weighted by atomic mass is 9.87. The van der Waals surface area contributed by atoms with Gasteiger partial charge in [-0.25, -0.2) is 0 Å². The van der Waals surface area contributed by atoms with Crippen LogP contribution in [0.2, 0.25) is 0 Å². The van der Waals surface area contributed by atoms with Crippen molar-refractivity contribution >= 4 is 11.6 Å². The van der Waals surface area contributed by atoms with Gasteiger partial charge >= 0.3 is 0 Å². The summed E-state index contributed by atoms with van der Waals surface area (Å²) in [6.45, 7) is 2.20. The summed E-state index contributed by atoms with van der Waals surface area (Å²) in [5.41, 5.74) is -0.143. The number of nitro groups is 1. The Labute approximate surface area is 123 Å². The Morgan fingerprint density at radius 2 is 2.00 bits per heavy atom. The van der Waals surface area contributed by atoms with E-state index in [9.17, 15) is 14.9 Å². The molecule has 21 heavy (non-hydrogen) atoms. The first-order chi connectivity index (χ1) is 10.0. The molecule has 1 aromatic carbocycles. The van der Waals surface area contributed by atoms with Crippen molar-refractivity contribution < 1.29 is 14.5 Å². The summed E-state index contributed by atoms with van der Waals surface area (Å²) in [4.78, 5) is 22.8. The number of methoxy groups -OCH3 is 1. The van der Waals surface area contributed by atoms with Crippen LogP contribution in [0.3, 0.4) is 0 Å². The summed E-state index contributed by atoms with van der Waals surface area (Å²) in [6, 6.07) is 4.30. The lowest BCUT2D eigenvalue weighted by molar-refractivity contribution is -0.385. The highest BCUT2D eigenvalue weighted by molar-refractivity contribution is 5.98. The first-order valence-corrected chi connectivity index (χ1v) is 7.14. The minimum Gasteiger partial charge on any atom is -0.497 e. The second-order valence-corrected chi connectivity index (χ2v) is 5.57. The van der Waals surface area contributed by atoms with E-state index in [-0.39, 0.29) is 17.3 Å². The molecule has 6 nitrogen and oxygen atoms in total. The van der Waals surface area contributed by atoms with Crippen molar-refractivity contribution in [3.05, 3.63) is 33.9 Å². The fourth-order valence-electron chi connectivity index (χ4n) is 2.65. The van der Waals surface area contributed by atoms with Gasteiger partial charge in [0.25, 0.3) is 11.6 Å². The van der Waals surface area contributed by atoms with Crippen molar-refractivity contribution in [3.63, 3.8) is 0 Å². The van der Waals surface area contributed by atoms with E-state index in [0.29, 0.717) is 11.7 Å². The Balaban J connectivity index is 2.15. The molecule has 1 fully saturated rings. The normalized spacial score (nSPS) is 21.6. The van der Waals surface area contributed by atoms with Crippen molar-refractivity contribution in [2.24, 2.45) is 5.92 Å². The van der Waals surface area contributed by atoms with E-state index in [1.54, 1.807) is 0 Å². The molecule has 0 atom stereocenters. The molecule has 0 aliphatic heterocycles. The van der Waals surface area contributed by atoms with Crippen LogP contribution < -0.4 is 10.1 Å². The van der Waals surface area contributed by atoms with Gasteiger partial charge in [-0.2, -0.15) is 0 Å². The number of nitro benzene ring substituents is 1. The second kappa shape index (κ2) is 6.56. The summed E-state index contributed by atoms with van der Waals surface area (Å²) in [5, 5.41) is 13.9. The maximum absolute atomic E-state index is 12.3. The minimum absolute atomic E-state index is 0.0537. The van der Waals surface area contributed by atoms with Crippen molar-refractivity contribution in [1.82, 2.24) is 5.32 Å². The van der Waals surface area contributed by atoms with Gasteiger partial charge in [0.1, 0.15) is 11.3 Å². The zero-order chi connectivity index (χ0) is 15.4. The maximum atomic E-state index is 12.3. The molecule has 2 rings (SSSR count). The van der Waals surface area contributed by atoms with Crippen molar-refractivity contribution in [2.45, 2.75) is 38.6 Å². The molecule has 0 radical (unpaired) electrons. The van der Waals surface area contributed by atoms with Gasteiger partial charge in [-0.3, -0.25) is 14.9 Å². The number of rotatable bonds is 4. The fraction of sp³-hybridized carbons (Fsp3) is 0.533. The monoisotopic (exact) mass is 292 g/mol. The zero-order valence-corrected chi connectivity index (χ0v) is 12.3. The number of carbonyl (C=O) groups is 1. The molecule has 1 aliphatic rings. The number of nitrogens with one attached hydrogen (secondary N) is 1. The third-order valence-corrected chi connectivity index (χ3v) is 4.00. The minimum atomic E-state index is -0.544. The van der Waals surface area contributed by atoms with Crippen molar-refractivity contribution in [3.8, 4) is 5.75 Å². The van der Waals surface area contributed by atoms with Gasteiger partial charge in [0.2, 0.25) is 0 Å². The Kier molecular flexibility index (Phi) is 4.77. The molecule has 0 unspecified atom stereocenters. The van der Waals surface area contributed by atoms with Crippen LogP contribution in [-0.2, 0) is 0 Å². The molecule has 114 valence electrons. The van der Waals surface area contributed by atoms with Crippen LogP contribution in [0.1, 0.15) is 43.0 Å². The number of amides is 1. The van der Waals surface area contributed by atoms with Crippen LogP contribution >= 0.6 is 0 Å². The van der Waals surface area contributed by atoms with Gasteiger partial charge in [-0.15, -0.1) is 0 Å². The molecular weight excluding hydrogens is 272 g/mol. The highest BCUT2D eigenvalue weighted by Gasteiger charge is 2.25. The summed E-state index contributed by atoms with van der Waals surface area (Å²) in [7, 11) is 1.46. The van der Waals surface area contributed by atoms with Crippen molar-refractivity contribution in [2.75, 3.05) is 7.11 Å². The lowest BCUT2D eigenvalue weighted by Gasteiger charge is -2.26. The van der Waals surface area contributed by atoms with E-state index in [4.69, 9.17) is 4.74 Å². The largest absolute Gasteiger partial charge is 0.497 e. The predicted octanol–water partition coefficient (Wildman–Crippen LogP) is 2.91. The number of hydrogen-bond acceptors (Lipinski definition) is 4.